The van der Waals surface area contributed by atoms with Gasteiger partial charge in [-0.3, -0.25) is 4.79 Å². The van der Waals surface area contributed by atoms with E-state index in [1.807, 2.05) is 20.8 Å². The molecular weight excluding hydrogens is 344 g/mol. The molecule has 4 N–H and O–H groups in total. The van der Waals surface area contributed by atoms with E-state index in [-0.39, 0.29) is 29.7 Å². The smallest absolute Gasteiger partial charge is 0.251 e. The molecule has 25 heavy (non-hydrogen) atoms. The van der Waals surface area contributed by atoms with Crippen molar-refractivity contribution < 1.29 is 19.7 Å². The molecule has 0 bridgehead atoms. The molecule has 0 heterocycles. The first-order chi connectivity index (χ1) is 11.4. The predicted molar refractivity (Wildman–Crippen MR) is 99.3 cm³/mol. The number of hydrogen-bond donors (Lipinski definition) is 4. The van der Waals surface area contributed by atoms with E-state index >= 15 is 0 Å². The molecule has 1 unspecified atom stereocenters. The summed E-state index contributed by atoms with van der Waals surface area (Å²) in [5.74, 6) is 0.0661. The standard InChI is InChI=1S/C18H29ClN2O4/c1-17(2,3)20-9-13(23)10-25-15-7-6-12(8-14(15)19)16(24)21-18(4,5)11-22/h6-8,13,20,22-23H,9-11H2,1-5H3,(H,21,24). The molecule has 0 spiro atoms. The van der Waals surface area contributed by atoms with Gasteiger partial charge in [0.1, 0.15) is 18.5 Å². The number of aliphatic hydroxyl groups is 2. The molecule has 0 saturated heterocycles. The van der Waals surface area contributed by atoms with Crippen molar-refractivity contribution in [1.29, 1.82) is 0 Å². The van der Waals surface area contributed by atoms with Crippen LogP contribution < -0.4 is 15.4 Å². The third kappa shape index (κ3) is 8.05. The Balaban J connectivity index is 2.62. The van der Waals surface area contributed by atoms with Crippen LogP contribution in [-0.4, -0.2) is 53.1 Å². The van der Waals surface area contributed by atoms with Gasteiger partial charge in [-0.25, -0.2) is 0 Å². The topological polar surface area (TPSA) is 90.8 Å². The third-order valence-corrected chi connectivity index (χ3v) is 3.64. The Morgan fingerprint density at radius 3 is 2.44 bits per heavy atom. The Labute approximate surface area is 154 Å². The summed E-state index contributed by atoms with van der Waals surface area (Å²) < 4.78 is 5.53. The zero-order valence-corrected chi connectivity index (χ0v) is 16.3. The molecule has 0 aliphatic rings. The summed E-state index contributed by atoms with van der Waals surface area (Å²) >= 11 is 6.16. The number of nitrogens with one attached hydrogen (secondary N) is 2. The van der Waals surface area contributed by atoms with Crippen LogP contribution in [0.3, 0.4) is 0 Å². The first kappa shape index (κ1) is 21.7. The van der Waals surface area contributed by atoms with E-state index < -0.39 is 11.6 Å². The lowest BCUT2D eigenvalue weighted by Crippen LogP contribution is -2.46. The van der Waals surface area contributed by atoms with Crippen LogP contribution in [0.2, 0.25) is 5.02 Å². The number of carbonyl (C=O) groups excluding carboxylic acids is 1. The number of halogens is 1. The molecule has 0 aliphatic heterocycles. The highest BCUT2D eigenvalue weighted by atomic mass is 35.5. The number of rotatable bonds is 8. The average Bonchev–Trinajstić information content (AvgIpc) is 2.50. The van der Waals surface area contributed by atoms with Crippen molar-refractivity contribution in [2.45, 2.75) is 51.8 Å². The molecule has 0 radical (unpaired) electrons. The van der Waals surface area contributed by atoms with Crippen molar-refractivity contribution in [3.63, 3.8) is 0 Å². The van der Waals surface area contributed by atoms with Gasteiger partial charge in [-0.2, -0.15) is 0 Å². The maximum Gasteiger partial charge on any atom is 0.251 e. The van der Waals surface area contributed by atoms with Crippen LogP contribution in [0, 0.1) is 0 Å². The Morgan fingerprint density at radius 1 is 1.28 bits per heavy atom. The first-order valence-electron chi connectivity index (χ1n) is 8.22. The van der Waals surface area contributed by atoms with Gasteiger partial charge in [0.15, 0.2) is 0 Å². The average molecular weight is 373 g/mol. The lowest BCUT2D eigenvalue weighted by Gasteiger charge is -2.24. The van der Waals surface area contributed by atoms with E-state index in [4.69, 9.17) is 16.3 Å². The van der Waals surface area contributed by atoms with Crippen LogP contribution in [0.4, 0.5) is 0 Å². The van der Waals surface area contributed by atoms with E-state index in [9.17, 15) is 15.0 Å². The minimum atomic E-state index is -0.719. The predicted octanol–water partition coefficient (Wildman–Crippen LogP) is 1.97. The van der Waals surface area contributed by atoms with Crippen molar-refractivity contribution in [1.82, 2.24) is 10.6 Å². The molecule has 1 amide bonds. The normalized spacial score (nSPS) is 13.4. The van der Waals surface area contributed by atoms with Gasteiger partial charge in [0.2, 0.25) is 0 Å². The number of carbonyl (C=O) groups is 1. The van der Waals surface area contributed by atoms with Crippen molar-refractivity contribution in [3.8, 4) is 5.75 Å². The minimum Gasteiger partial charge on any atom is -0.489 e. The lowest BCUT2D eigenvalue weighted by atomic mass is 10.1. The fraction of sp³-hybridized carbons (Fsp3) is 0.611. The first-order valence-corrected chi connectivity index (χ1v) is 8.60. The van der Waals surface area contributed by atoms with E-state index in [0.717, 1.165) is 0 Å². The summed E-state index contributed by atoms with van der Waals surface area (Å²) in [6, 6.07) is 4.68. The van der Waals surface area contributed by atoms with Crippen molar-refractivity contribution in [3.05, 3.63) is 28.8 Å². The molecular formula is C18H29ClN2O4. The fourth-order valence-corrected chi connectivity index (χ4v) is 2.08. The van der Waals surface area contributed by atoms with E-state index in [1.54, 1.807) is 26.0 Å². The van der Waals surface area contributed by atoms with Gasteiger partial charge in [-0.05, 0) is 52.8 Å². The van der Waals surface area contributed by atoms with Crippen LogP contribution in [-0.2, 0) is 0 Å². The molecule has 1 aromatic carbocycles. The second-order valence-corrected chi connectivity index (χ2v) is 8.14. The number of β-amino-alcohol motifs (C(OH)–C–C–N with tert-alkyl or cyclic N) is 1. The van der Waals surface area contributed by atoms with E-state index in [1.165, 1.54) is 6.07 Å². The van der Waals surface area contributed by atoms with Crippen LogP contribution in [0.15, 0.2) is 18.2 Å². The number of hydrogen-bond acceptors (Lipinski definition) is 5. The van der Waals surface area contributed by atoms with Crippen LogP contribution in [0.5, 0.6) is 5.75 Å². The van der Waals surface area contributed by atoms with Crippen LogP contribution >= 0.6 is 11.6 Å². The molecule has 0 saturated carbocycles. The largest absolute Gasteiger partial charge is 0.489 e. The summed E-state index contributed by atoms with van der Waals surface area (Å²) in [4.78, 5) is 12.2. The van der Waals surface area contributed by atoms with Gasteiger partial charge < -0.3 is 25.6 Å². The number of benzene rings is 1. The van der Waals surface area contributed by atoms with Crippen LogP contribution in [0.25, 0.3) is 0 Å². The maximum atomic E-state index is 12.2. The summed E-state index contributed by atoms with van der Waals surface area (Å²) in [6.45, 7) is 9.80. The quantitative estimate of drug-likeness (QED) is 0.560. The highest BCUT2D eigenvalue weighted by Crippen LogP contribution is 2.26. The van der Waals surface area contributed by atoms with Gasteiger partial charge in [0.25, 0.3) is 5.91 Å². The van der Waals surface area contributed by atoms with Gasteiger partial charge >= 0.3 is 0 Å². The molecule has 7 heteroatoms. The molecule has 142 valence electrons. The Hall–Kier alpha value is -1.34. The third-order valence-electron chi connectivity index (χ3n) is 3.34. The van der Waals surface area contributed by atoms with Gasteiger partial charge in [-0.1, -0.05) is 11.6 Å². The summed E-state index contributed by atoms with van der Waals surface area (Å²) in [7, 11) is 0. The van der Waals surface area contributed by atoms with Gasteiger partial charge in [-0.15, -0.1) is 0 Å². The van der Waals surface area contributed by atoms with Crippen molar-refractivity contribution in [2.75, 3.05) is 19.8 Å². The Bertz CT molecular complexity index is 585. The molecule has 0 fully saturated rings. The zero-order valence-electron chi connectivity index (χ0n) is 15.5. The summed E-state index contributed by atoms with van der Waals surface area (Å²) in [6.07, 6.45) is -0.677. The number of aliphatic hydroxyl groups excluding tert-OH is 2. The monoisotopic (exact) mass is 372 g/mol. The fourth-order valence-electron chi connectivity index (χ4n) is 1.85. The Morgan fingerprint density at radius 2 is 1.92 bits per heavy atom. The second kappa shape index (κ2) is 8.85. The second-order valence-electron chi connectivity index (χ2n) is 7.74. The Kier molecular flexibility index (Phi) is 7.68. The number of amides is 1. The van der Waals surface area contributed by atoms with Crippen LogP contribution in [0.1, 0.15) is 45.0 Å². The van der Waals surface area contributed by atoms with E-state index in [0.29, 0.717) is 17.9 Å². The highest BCUT2D eigenvalue weighted by molar-refractivity contribution is 6.32. The van der Waals surface area contributed by atoms with Crippen molar-refractivity contribution >= 4 is 17.5 Å². The number of ether oxygens (including phenoxy) is 1. The highest BCUT2D eigenvalue weighted by Gasteiger charge is 2.21. The molecule has 0 aliphatic carbocycles. The van der Waals surface area contributed by atoms with Gasteiger partial charge in [0, 0.05) is 17.6 Å². The molecule has 1 aromatic rings. The molecule has 1 atom stereocenters. The SMILES string of the molecule is CC(C)(C)NCC(O)COc1ccc(C(=O)NC(C)(C)CO)cc1Cl. The summed E-state index contributed by atoms with van der Waals surface area (Å²) in [5.41, 5.74) is -0.437. The van der Waals surface area contributed by atoms with E-state index in [2.05, 4.69) is 10.6 Å². The minimum absolute atomic E-state index is 0.0873. The molecule has 0 aromatic heterocycles. The maximum absolute atomic E-state index is 12.2. The summed E-state index contributed by atoms with van der Waals surface area (Å²) in [5, 5.41) is 25.3. The lowest BCUT2D eigenvalue weighted by molar-refractivity contribution is 0.0868. The molecule has 6 nitrogen and oxygen atoms in total. The van der Waals surface area contributed by atoms with Crippen molar-refractivity contribution in [2.24, 2.45) is 0 Å². The zero-order chi connectivity index (χ0) is 19.3. The van der Waals surface area contributed by atoms with Gasteiger partial charge in [0.05, 0.1) is 17.2 Å². The molecule has 1 rings (SSSR count).